The van der Waals surface area contributed by atoms with Gasteiger partial charge in [-0.05, 0) is 35.9 Å². The van der Waals surface area contributed by atoms with Crippen molar-refractivity contribution in [2.24, 2.45) is 0 Å². The Balaban J connectivity index is 1.41. The average Bonchev–Trinajstić information content (AvgIpc) is 3.26. The Hall–Kier alpha value is -3.67. The minimum absolute atomic E-state index is 0.0605. The number of phenols is 3. The molecule has 2 fully saturated rings. The summed E-state index contributed by atoms with van der Waals surface area (Å²) in [7, 11) is 1.32. The van der Waals surface area contributed by atoms with Gasteiger partial charge in [0.15, 0.2) is 41.0 Å². The smallest absolute Gasteiger partial charge is 0.330 e. The first-order valence-electron chi connectivity index (χ1n) is 12.7. The summed E-state index contributed by atoms with van der Waals surface area (Å²) in [5, 5.41) is 81.1. The lowest BCUT2D eigenvalue weighted by atomic mass is 9.98. The van der Waals surface area contributed by atoms with Crippen molar-refractivity contribution in [2.45, 2.75) is 48.7 Å². The lowest BCUT2D eigenvalue weighted by Gasteiger charge is -2.42. The molecule has 0 amide bonds. The van der Waals surface area contributed by atoms with Crippen molar-refractivity contribution in [2.75, 3.05) is 26.9 Å². The highest BCUT2D eigenvalue weighted by molar-refractivity contribution is 5.87. The van der Waals surface area contributed by atoms with Crippen LogP contribution in [0.3, 0.4) is 0 Å². The normalized spacial score (nSPS) is 31.2. The first-order chi connectivity index (χ1) is 19.9. The quantitative estimate of drug-likeness (QED) is 0.0906. The Bertz CT molecular complexity index is 1270. The third kappa shape index (κ3) is 6.86. The molecule has 0 spiro atoms. The van der Waals surface area contributed by atoms with Crippen LogP contribution in [-0.4, -0.2) is 122 Å². The number of phenolic OH excluding ortho intramolecular Hbond substituents is 3. The number of carbonyl (C=O) groups is 1. The number of rotatable bonds is 10. The molecular weight excluding hydrogens is 564 g/mol. The van der Waals surface area contributed by atoms with E-state index in [4.69, 9.17) is 28.4 Å². The van der Waals surface area contributed by atoms with E-state index in [1.165, 1.54) is 49.6 Å². The molecule has 2 aromatic rings. The Morgan fingerprint density at radius 3 is 2.45 bits per heavy atom. The molecule has 0 saturated carbocycles. The van der Waals surface area contributed by atoms with Crippen LogP contribution in [0.15, 0.2) is 42.5 Å². The fourth-order valence-corrected chi connectivity index (χ4v) is 4.27. The third-order valence-corrected chi connectivity index (χ3v) is 6.70. The van der Waals surface area contributed by atoms with Gasteiger partial charge in [-0.3, -0.25) is 0 Å². The SMILES string of the molecule is COc1cc(O[C@@H]2O[C@H](CO)[C@@H](O)[C@H](O)[C@H]2O[C@@H]2OC[C@](O)(COC(=O)/C=C/c3ccc(O)c(O)c3)[C@H]2O)ccc1O. The molecule has 8 N–H and O–H groups in total. The second kappa shape index (κ2) is 13.1. The summed E-state index contributed by atoms with van der Waals surface area (Å²) in [4.78, 5) is 12.2. The van der Waals surface area contributed by atoms with Crippen LogP contribution in [0.2, 0.25) is 0 Å². The highest BCUT2D eigenvalue weighted by Crippen LogP contribution is 2.35. The fraction of sp³-hybridized carbons (Fsp3) is 0.444. The second-order valence-corrected chi connectivity index (χ2v) is 9.68. The predicted molar refractivity (Wildman–Crippen MR) is 138 cm³/mol. The molecule has 2 heterocycles. The molecule has 0 aromatic heterocycles. The summed E-state index contributed by atoms with van der Waals surface area (Å²) in [6, 6.07) is 7.81. The van der Waals surface area contributed by atoms with Gasteiger partial charge >= 0.3 is 5.97 Å². The Morgan fingerprint density at radius 1 is 1.02 bits per heavy atom. The van der Waals surface area contributed by atoms with Crippen LogP contribution in [0.25, 0.3) is 6.08 Å². The van der Waals surface area contributed by atoms with E-state index in [9.17, 15) is 45.6 Å². The summed E-state index contributed by atoms with van der Waals surface area (Å²) in [6.07, 6.45) is -8.75. The average molecular weight is 597 g/mol. The molecule has 0 aliphatic carbocycles. The lowest BCUT2D eigenvalue weighted by Crippen LogP contribution is -2.62. The molecule has 8 atom stereocenters. The van der Waals surface area contributed by atoms with E-state index in [0.717, 1.165) is 6.08 Å². The van der Waals surface area contributed by atoms with Gasteiger partial charge in [-0.1, -0.05) is 6.07 Å². The Kier molecular flexibility index (Phi) is 9.75. The summed E-state index contributed by atoms with van der Waals surface area (Å²) >= 11 is 0. The van der Waals surface area contributed by atoms with Crippen LogP contribution in [0.5, 0.6) is 28.7 Å². The highest BCUT2D eigenvalue weighted by atomic mass is 16.8. The molecule has 15 heteroatoms. The molecule has 4 rings (SSSR count). The summed E-state index contributed by atoms with van der Waals surface area (Å²) in [5.74, 6) is -1.65. The second-order valence-electron chi connectivity index (χ2n) is 9.68. The van der Waals surface area contributed by atoms with E-state index in [-0.39, 0.29) is 28.7 Å². The van der Waals surface area contributed by atoms with Gasteiger partial charge in [0.1, 0.15) is 36.8 Å². The molecule has 42 heavy (non-hydrogen) atoms. The monoisotopic (exact) mass is 596 g/mol. The molecule has 2 aliphatic rings. The number of carbonyl (C=O) groups excluding carboxylic acids is 1. The highest BCUT2D eigenvalue weighted by Gasteiger charge is 2.54. The van der Waals surface area contributed by atoms with Crippen molar-refractivity contribution in [3.63, 3.8) is 0 Å². The van der Waals surface area contributed by atoms with Crippen LogP contribution in [0, 0.1) is 0 Å². The first-order valence-corrected chi connectivity index (χ1v) is 12.7. The zero-order valence-corrected chi connectivity index (χ0v) is 22.2. The largest absolute Gasteiger partial charge is 0.504 e. The van der Waals surface area contributed by atoms with E-state index in [0.29, 0.717) is 5.56 Å². The molecule has 230 valence electrons. The summed E-state index contributed by atoms with van der Waals surface area (Å²) in [5.41, 5.74) is -1.75. The molecule has 2 aromatic carbocycles. The molecule has 0 bridgehead atoms. The third-order valence-electron chi connectivity index (χ3n) is 6.70. The number of esters is 1. The summed E-state index contributed by atoms with van der Waals surface area (Å²) < 4.78 is 32.4. The standard InChI is InChI=1S/C27H32O15/c1-37-18-9-14(4-6-16(18)30)40-25-23(22(34)21(33)19(10-28)41-25)42-26-24(35)27(36,12-39-26)11-38-20(32)7-3-13-2-5-15(29)17(31)8-13/h2-9,19,21-26,28-31,33-36H,10-12H2,1H3/b7-3+/t19-,21-,22+,23-,24+,25-,26+,27-/m1/s1. The maximum absolute atomic E-state index is 12.2. The van der Waals surface area contributed by atoms with E-state index in [1.807, 2.05) is 0 Å². The van der Waals surface area contributed by atoms with Crippen molar-refractivity contribution >= 4 is 12.0 Å². The van der Waals surface area contributed by atoms with Crippen LogP contribution in [0.1, 0.15) is 5.56 Å². The van der Waals surface area contributed by atoms with Gasteiger partial charge in [-0.2, -0.15) is 0 Å². The number of aliphatic hydroxyl groups excluding tert-OH is 4. The van der Waals surface area contributed by atoms with Gasteiger partial charge in [0.2, 0.25) is 6.29 Å². The van der Waals surface area contributed by atoms with Gasteiger partial charge in [0, 0.05) is 12.1 Å². The number of methoxy groups -OCH3 is 1. The summed E-state index contributed by atoms with van der Waals surface area (Å²) in [6.45, 7) is -1.95. The van der Waals surface area contributed by atoms with E-state index in [2.05, 4.69) is 0 Å². The zero-order valence-electron chi connectivity index (χ0n) is 22.2. The minimum atomic E-state index is -2.13. The Morgan fingerprint density at radius 2 is 1.76 bits per heavy atom. The zero-order chi connectivity index (χ0) is 30.6. The van der Waals surface area contributed by atoms with Gasteiger partial charge in [0.25, 0.3) is 0 Å². The van der Waals surface area contributed by atoms with E-state index < -0.39 is 74.5 Å². The fourth-order valence-electron chi connectivity index (χ4n) is 4.27. The van der Waals surface area contributed by atoms with Crippen molar-refractivity contribution in [1.29, 1.82) is 0 Å². The van der Waals surface area contributed by atoms with Crippen molar-refractivity contribution in [3.05, 3.63) is 48.0 Å². The van der Waals surface area contributed by atoms with Gasteiger partial charge < -0.3 is 69.3 Å². The molecule has 0 radical (unpaired) electrons. The maximum atomic E-state index is 12.2. The molecule has 2 aliphatic heterocycles. The van der Waals surface area contributed by atoms with Crippen LogP contribution in [-0.2, 0) is 23.7 Å². The van der Waals surface area contributed by atoms with Crippen molar-refractivity contribution in [1.82, 2.24) is 0 Å². The Labute approximate surface area is 238 Å². The van der Waals surface area contributed by atoms with Crippen molar-refractivity contribution < 1.29 is 74.1 Å². The molecule has 0 unspecified atom stereocenters. The van der Waals surface area contributed by atoms with Crippen LogP contribution >= 0.6 is 0 Å². The van der Waals surface area contributed by atoms with Crippen molar-refractivity contribution in [3.8, 4) is 28.7 Å². The molecule has 2 saturated heterocycles. The molecular formula is C27H32O15. The maximum Gasteiger partial charge on any atom is 0.330 e. The minimum Gasteiger partial charge on any atom is -0.504 e. The molecule has 15 nitrogen and oxygen atoms in total. The first kappa shape index (κ1) is 31.3. The van der Waals surface area contributed by atoms with Gasteiger partial charge in [-0.25, -0.2) is 4.79 Å². The number of benzene rings is 2. The predicted octanol–water partition coefficient (Wildman–Crippen LogP) is -1.28. The number of aliphatic hydroxyl groups is 5. The van der Waals surface area contributed by atoms with Crippen LogP contribution < -0.4 is 9.47 Å². The number of ether oxygens (including phenoxy) is 6. The number of aromatic hydroxyl groups is 3. The van der Waals surface area contributed by atoms with Gasteiger partial charge in [-0.15, -0.1) is 0 Å². The van der Waals surface area contributed by atoms with E-state index in [1.54, 1.807) is 0 Å². The number of hydrogen-bond acceptors (Lipinski definition) is 15. The number of hydrogen-bond donors (Lipinski definition) is 8. The van der Waals surface area contributed by atoms with E-state index >= 15 is 0 Å². The lowest BCUT2D eigenvalue weighted by molar-refractivity contribution is -0.318. The topological polar surface area (TPSA) is 234 Å². The van der Waals surface area contributed by atoms with Crippen LogP contribution in [0.4, 0.5) is 0 Å². The van der Waals surface area contributed by atoms with Gasteiger partial charge in [0.05, 0.1) is 20.3 Å².